The van der Waals surface area contributed by atoms with Crippen LogP contribution in [0.4, 0.5) is 5.69 Å². The Morgan fingerprint density at radius 1 is 1.12 bits per heavy atom. The van der Waals surface area contributed by atoms with Crippen LogP contribution in [0.2, 0.25) is 5.02 Å². The number of hydrogen-bond donors (Lipinski definition) is 1. The summed E-state index contributed by atoms with van der Waals surface area (Å²) in [7, 11) is 0. The normalized spacial score (nSPS) is 20.3. The topological polar surface area (TPSA) is 98.5 Å². The zero-order valence-corrected chi connectivity index (χ0v) is 19.0. The number of ether oxygens (including phenoxy) is 1. The molecule has 7 nitrogen and oxygen atoms in total. The standard InChI is InChI=1S/C25H23ClN2O5/c1-3-33-25(30)22-14(2)27-20-12-17(15-4-8-18(26)9-5-15)13-21(29)24(20)23(22)16-6-10-19(11-7-16)28(31)32/h4-11,17,23,27H,3,12-13H2,1-2H3/t17-,23+/m1/s1. The van der Waals surface area contributed by atoms with Gasteiger partial charge in [0.25, 0.3) is 5.69 Å². The van der Waals surface area contributed by atoms with Crippen LogP contribution in [0.3, 0.4) is 0 Å². The molecule has 1 aliphatic carbocycles. The van der Waals surface area contributed by atoms with E-state index < -0.39 is 16.8 Å². The van der Waals surface area contributed by atoms with Gasteiger partial charge in [0.2, 0.25) is 0 Å². The Hall–Kier alpha value is -3.45. The number of nitrogens with zero attached hydrogens (tertiary/aromatic N) is 1. The third-order valence-electron chi connectivity index (χ3n) is 6.10. The van der Waals surface area contributed by atoms with Gasteiger partial charge in [-0.3, -0.25) is 14.9 Å². The van der Waals surface area contributed by atoms with Gasteiger partial charge in [-0.05, 0) is 49.4 Å². The van der Waals surface area contributed by atoms with E-state index in [-0.39, 0.29) is 24.0 Å². The molecule has 0 radical (unpaired) electrons. The van der Waals surface area contributed by atoms with Crippen molar-refractivity contribution in [3.63, 3.8) is 0 Å². The second kappa shape index (κ2) is 9.19. The van der Waals surface area contributed by atoms with E-state index in [9.17, 15) is 19.7 Å². The highest BCUT2D eigenvalue weighted by molar-refractivity contribution is 6.30. The zero-order valence-electron chi connectivity index (χ0n) is 18.3. The van der Waals surface area contributed by atoms with Crippen LogP contribution in [0.15, 0.2) is 71.1 Å². The molecular formula is C25H23ClN2O5. The van der Waals surface area contributed by atoms with Crippen LogP contribution in [0.5, 0.6) is 0 Å². The maximum Gasteiger partial charge on any atom is 0.336 e. The monoisotopic (exact) mass is 466 g/mol. The van der Waals surface area contributed by atoms with Gasteiger partial charge in [0.15, 0.2) is 5.78 Å². The van der Waals surface area contributed by atoms with Crippen LogP contribution < -0.4 is 5.32 Å². The van der Waals surface area contributed by atoms with Gasteiger partial charge in [0, 0.05) is 46.5 Å². The maximum absolute atomic E-state index is 13.5. The zero-order chi connectivity index (χ0) is 23.7. The number of nitrogens with one attached hydrogen (secondary N) is 1. The van der Waals surface area contributed by atoms with E-state index in [1.54, 1.807) is 26.0 Å². The third-order valence-corrected chi connectivity index (χ3v) is 6.35. The Bertz CT molecular complexity index is 1180. The number of non-ortho nitro benzene ring substituents is 1. The lowest BCUT2D eigenvalue weighted by molar-refractivity contribution is -0.384. The maximum atomic E-state index is 13.5. The van der Waals surface area contributed by atoms with Crippen molar-refractivity contribution in [2.45, 2.75) is 38.5 Å². The number of hydrogen-bond acceptors (Lipinski definition) is 6. The number of nitro groups is 1. The largest absolute Gasteiger partial charge is 0.463 e. The molecule has 1 heterocycles. The van der Waals surface area contributed by atoms with Gasteiger partial charge in [-0.2, -0.15) is 0 Å². The smallest absolute Gasteiger partial charge is 0.336 e. The minimum Gasteiger partial charge on any atom is -0.463 e. The summed E-state index contributed by atoms with van der Waals surface area (Å²) in [5.74, 6) is -1.25. The van der Waals surface area contributed by atoms with Crippen molar-refractivity contribution in [1.29, 1.82) is 0 Å². The molecule has 33 heavy (non-hydrogen) atoms. The first kappa shape index (κ1) is 22.7. The molecule has 2 atom stereocenters. The number of esters is 1. The summed E-state index contributed by atoms with van der Waals surface area (Å²) in [6, 6.07) is 13.4. The second-order valence-corrected chi connectivity index (χ2v) is 8.57. The second-order valence-electron chi connectivity index (χ2n) is 8.14. The fourth-order valence-corrected chi connectivity index (χ4v) is 4.74. The minimum absolute atomic E-state index is 0.0181. The molecule has 0 amide bonds. The van der Waals surface area contributed by atoms with E-state index in [1.807, 2.05) is 24.3 Å². The van der Waals surface area contributed by atoms with Crippen LogP contribution in [-0.2, 0) is 14.3 Å². The van der Waals surface area contributed by atoms with E-state index in [0.29, 0.717) is 40.3 Å². The highest BCUT2D eigenvalue weighted by Gasteiger charge is 2.41. The molecule has 0 bridgehead atoms. The number of benzene rings is 2. The molecular weight excluding hydrogens is 444 g/mol. The summed E-state index contributed by atoms with van der Waals surface area (Å²) in [5.41, 5.74) is 3.84. The molecule has 0 aromatic heterocycles. The summed E-state index contributed by atoms with van der Waals surface area (Å²) in [6.07, 6.45) is 0.889. The highest BCUT2D eigenvalue weighted by Crippen LogP contribution is 2.46. The van der Waals surface area contributed by atoms with Crippen LogP contribution in [0, 0.1) is 10.1 Å². The molecule has 1 aliphatic heterocycles. The molecule has 1 N–H and O–H groups in total. The van der Waals surface area contributed by atoms with E-state index in [1.165, 1.54) is 12.1 Å². The number of ketones is 1. The summed E-state index contributed by atoms with van der Waals surface area (Å²) in [5, 5.41) is 15.0. The van der Waals surface area contributed by atoms with Gasteiger partial charge in [-0.1, -0.05) is 35.9 Å². The van der Waals surface area contributed by atoms with Crippen molar-refractivity contribution in [2.24, 2.45) is 0 Å². The Labute approximate surface area is 196 Å². The van der Waals surface area contributed by atoms with Gasteiger partial charge in [-0.15, -0.1) is 0 Å². The number of Topliss-reactive ketones (excluding diaryl/α,β-unsaturated/α-hetero) is 1. The molecule has 0 spiro atoms. The van der Waals surface area contributed by atoms with Gasteiger partial charge >= 0.3 is 5.97 Å². The fraction of sp³-hybridized carbons (Fsp3) is 0.280. The third kappa shape index (κ3) is 4.41. The van der Waals surface area contributed by atoms with Gasteiger partial charge in [-0.25, -0.2) is 4.79 Å². The van der Waals surface area contributed by atoms with E-state index in [2.05, 4.69) is 5.32 Å². The number of halogens is 1. The van der Waals surface area contributed by atoms with Crippen molar-refractivity contribution < 1.29 is 19.2 Å². The van der Waals surface area contributed by atoms with Gasteiger partial charge < -0.3 is 10.1 Å². The summed E-state index contributed by atoms with van der Waals surface area (Å²) in [4.78, 5) is 37.0. The molecule has 170 valence electrons. The first-order chi connectivity index (χ1) is 15.8. The molecule has 2 aromatic rings. The molecule has 0 unspecified atom stereocenters. The Kier molecular flexibility index (Phi) is 6.33. The van der Waals surface area contributed by atoms with Crippen LogP contribution in [0.1, 0.15) is 49.7 Å². The Morgan fingerprint density at radius 3 is 2.36 bits per heavy atom. The van der Waals surface area contributed by atoms with E-state index in [0.717, 1.165) is 11.3 Å². The molecule has 0 saturated heterocycles. The van der Waals surface area contributed by atoms with Crippen molar-refractivity contribution in [2.75, 3.05) is 6.61 Å². The molecule has 2 aromatic carbocycles. The molecule has 8 heteroatoms. The Balaban J connectivity index is 1.79. The first-order valence-corrected chi connectivity index (χ1v) is 11.1. The Morgan fingerprint density at radius 2 is 1.76 bits per heavy atom. The number of dihydropyridines is 1. The summed E-state index contributed by atoms with van der Waals surface area (Å²) >= 11 is 6.02. The van der Waals surface area contributed by atoms with Crippen LogP contribution >= 0.6 is 11.6 Å². The number of nitro benzene ring substituents is 1. The average molecular weight is 467 g/mol. The molecule has 0 saturated carbocycles. The first-order valence-electron chi connectivity index (χ1n) is 10.7. The highest BCUT2D eigenvalue weighted by atomic mass is 35.5. The predicted molar refractivity (Wildman–Crippen MR) is 124 cm³/mol. The number of allylic oxidation sites excluding steroid dienone is 3. The number of rotatable bonds is 5. The predicted octanol–water partition coefficient (Wildman–Crippen LogP) is 5.17. The van der Waals surface area contributed by atoms with E-state index >= 15 is 0 Å². The minimum atomic E-state index is -0.653. The quantitative estimate of drug-likeness (QED) is 0.370. The lowest BCUT2D eigenvalue weighted by atomic mass is 9.71. The average Bonchev–Trinajstić information content (AvgIpc) is 2.78. The van der Waals surface area contributed by atoms with Crippen molar-refractivity contribution in [3.8, 4) is 0 Å². The fourth-order valence-electron chi connectivity index (χ4n) is 4.61. The van der Waals surface area contributed by atoms with Crippen molar-refractivity contribution in [3.05, 3.63) is 97.3 Å². The lowest BCUT2D eigenvalue weighted by Crippen LogP contribution is -2.36. The number of carbonyl (C=O) groups is 2. The molecule has 2 aliphatic rings. The summed E-state index contributed by atoms with van der Waals surface area (Å²) < 4.78 is 5.29. The van der Waals surface area contributed by atoms with Gasteiger partial charge in [0.05, 0.1) is 17.1 Å². The number of carbonyl (C=O) groups excluding carboxylic acids is 2. The van der Waals surface area contributed by atoms with Crippen LogP contribution in [-0.4, -0.2) is 23.3 Å². The van der Waals surface area contributed by atoms with Crippen molar-refractivity contribution >= 4 is 29.0 Å². The SMILES string of the molecule is CCOC(=O)C1=C(C)NC2=C(C(=O)C[C@H](c3ccc(Cl)cc3)C2)[C@H]1c1ccc([N+](=O)[O-])cc1. The van der Waals surface area contributed by atoms with E-state index in [4.69, 9.17) is 16.3 Å². The molecule has 0 fully saturated rings. The summed E-state index contributed by atoms with van der Waals surface area (Å²) in [6.45, 7) is 3.70. The van der Waals surface area contributed by atoms with Crippen molar-refractivity contribution in [1.82, 2.24) is 5.32 Å². The lowest BCUT2D eigenvalue weighted by Gasteiger charge is -2.36. The van der Waals surface area contributed by atoms with Gasteiger partial charge in [0.1, 0.15) is 0 Å². The molecule has 4 rings (SSSR count). The van der Waals surface area contributed by atoms with Crippen LogP contribution in [0.25, 0.3) is 0 Å².